The van der Waals surface area contributed by atoms with Crippen molar-refractivity contribution in [3.8, 4) is 0 Å². The Balaban J connectivity index is 2.07. The number of amides is 1. The molecule has 116 valence electrons. The van der Waals surface area contributed by atoms with Gasteiger partial charge in [0.25, 0.3) is 0 Å². The van der Waals surface area contributed by atoms with Crippen LogP contribution in [-0.2, 0) is 15.6 Å². The molecule has 4 atom stereocenters. The van der Waals surface area contributed by atoms with Crippen LogP contribution < -0.4 is 5.32 Å². The van der Waals surface area contributed by atoms with Crippen LogP contribution in [0, 0.1) is 5.92 Å². The fourth-order valence-corrected chi connectivity index (χ4v) is 4.24. The lowest BCUT2D eigenvalue weighted by molar-refractivity contribution is -0.132. The largest absolute Gasteiger partial charge is 0.323 e. The van der Waals surface area contributed by atoms with Crippen LogP contribution in [0.2, 0.25) is 0 Å². The second-order valence-corrected chi connectivity index (χ2v) is 7.83. The fraction of sp³-hybridized carbons (Fsp3) is 0.933. The van der Waals surface area contributed by atoms with Crippen molar-refractivity contribution in [2.45, 2.75) is 70.6 Å². The van der Waals surface area contributed by atoms with E-state index in [-0.39, 0.29) is 24.2 Å². The van der Waals surface area contributed by atoms with Gasteiger partial charge in [-0.15, -0.1) is 0 Å². The first-order chi connectivity index (χ1) is 9.54. The molecule has 1 N–H and O–H groups in total. The van der Waals surface area contributed by atoms with Crippen LogP contribution in [0.5, 0.6) is 0 Å². The molecule has 2 aliphatic rings. The highest BCUT2D eigenvalue weighted by Crippen LogP contribution is 2.33. The van der Waals surface area contributed by atoms with Crippen LogP contribution in [0.4, 0.5) is 0 Å². The van der Waals surface area contributed by atoms with E-state index in [0.29, 0.717) is 11.7 Å². The van der Waals surface area contributed by atoms with Crippen LogP contribution in [-0.4, -0.2) is 45.3 Å². The Morgan fingerprint density at radius 3 is 2.60 bits per heavy atom. The molecule has 1 aliphatic heterocycles. The summed E-state index contributed by atoms with van der Waals surface area (Å²) >= 11 is 0. The SMILES string of the molecule is CCC1NC(C2CCCC2)N(C(C)CCS(C)=O)C1=O. The maximum absolute atomic E-state index is 12.6. The van der Waals surface area contributed by atoms with Crippen molar-refractivity contribution >= 4 is 16.7 Å². The van der Waals surface area contributed by atoms with E-state index in [4.69, 9.17) is 0 Å². The molecule has 1 aliphatic carbocycles. The highest BCUT2D eigenvalue weighted by molar-refractivity contribution is 7.84. The van der Waals surface area contributed by atoms with Gasteiger partial charge in [-0.2, -0.15) is 0 Å². The van der Waals surface area contributed by atoms with Crippen molar-refractivity contribution in [3.63, 3.8) is 0 Å². The van der Waals surface area contributed by atoms with Gasteiger partial charge in [-0.25, -0.2) is 0 Å². The molecule has 0 spiro atoms. The average Bonchev–Trinajstić information content (AvgIpc) is 3.03. The van der Waals surface area contributed by atoms with Gasteiger partial charge in [0.2, 0.25) is 5.91 Å². The fourth-order valence-electron chi connectivity index (χ4n) is 3.57. The minimum Gasteiger partial charge on any atom is -0.323 e. The minimum absolute atomic E-state index is 0.0184. The quantitative estimate of drug-likeness (QED) is 0.815. The Hall–Kier alpha value is -0.420. The van der Waals surface area contributed by atoms with Gasteiger partial charge in [0.1, 0.15) is 0 Å². The first-order valence-electron chi connectivity index (χ1n) is 7.92. The molecule has 1 saturated carbocycles. The summed E-state index contributed by atoms with van der Waals surface area (Å²) in [6.45, 7) is 4.17. The predicted octanol–water partition coefficient (Wildman–Crippen LogP) is 1.87. The van der Waals surface area contributed by atoms with Gasteiger partial charge in [-0.3, -0.25) is 14.3 Å². The van der Waals surface area contributed by atoms with E-state index in [1.54, 1.807) is 6.26 Å². The number of hydrogen-bond donors (Lipinski definition) is 1. The van der Waals surface area contributed by atoms with E-state index >= 15 is 0 Å². The number of carbonyl (C=O) groups is 1. The Labute approximate surface area is 125 Å². The van der Waals surface area contributed by atoms with Crippen LogP contribution in [0.15, 0.2) is 0 Å². The summed E-state index contributed by atoms with van der Waals surface area (Å²) in [6.07, 6.45) is 8.65. The molecule has 0 aromatic carbocycles. The van der Waals surface area contributed by atoms with Gasteiger partial charge >= 0.3 is 0 Å². The maximum atomic E-state index is 12.6. The summed E-state index contributed by atoms with van der Waals surface area (Å²) in [5.74, 6) is 1.53. The number of carbonyl (C=O) groups excluding carboxylic acids is 1. The summed E-state index contributed by atoms with van der Waals surface area (Å²) in [5.41, 5.74) is 0. The van der Waals surface area contributed by atoms with E-state index in [1.807, 2.05) is 0 Å². The molecular formula is C15H28N2O2S. The highest BCUT2D eigenvalue weighted by Gasteiger charge is 2.44. The molecule has 1 amide bonds. The van der Waals surface area contributed by atoms with E-state index in [2.05, 4.69) is 24.1 Å². The van der Waals surface area contributed by atoms with Crippen LogP contribution in [0.25, 0.3) is 0 Å². The van der Waals surface area contributed by atoms with E-state index in [9.17, 15) is 9.00 Å². The number of nitrogens with one attached hydrogen (secondary N) is 1. The maximum Gasteiger partial charge on any atom is 0.241 e. The monoisotopic (exact) mass is 300 g/mol. The van der Waals surface area contributed by atoms with Gasteiger partial charge < -0.3 is 4.90 Å². The third-order valence-corrected chi connectivity index (χ3v) is 5.59. The average molecular weight is 300 g/mol. The number of hydrogen-bond acceptors (Lipinski definition) is 3. The lowest BCUT2D eigenvalue weighted by atomic mass is 10.0. The molecule has 4 unspecified atom stereocenters. The lowest BCUT2D eigenvalue weighted by Gasteiger charge is -2.33. The van der Waals surface area contributed by atoms with Gasteiger partial charge in [0.15, 0.2) is 0 Å². The summed E-state index contributed by atoms with van der Waals surface area (Å²) in [4.78, 5) is 14.6. The van der Waals surface area contributed by atoms with Crippen molar-refractivity contribution in [3.05, 3.63) is 0 Å². The Morgan fingerprint density at radius 2 is 2.05 bits per heavy atom. The van der Waals surface area contributed by atoms with Crippen molar-refractivity contribution in [2.75, 3.05) is 12.0 Å². The molecule has 0 bridgehead atoms. The van der Waals surface area contributed by atoms with Gasteiger partial charge in [0.05, 0.1) is 12.2 Å². The van der Waals surface area contributed by atoms with Gasteiger partial charge in [-0.1, -0.05) is 19.8 Å². The first kappa shape index (κ1) is 16.0. The molecular weight excluding hydrogens is 272 g/mol. The molecule has 1 heterocycles. The Morgan fingerprint density at radius 1 is 1.40 bits per heavy atom. The third-order valence-electron chi connectivity index (χ3n) is 4.78. The summed E-state index contributed by atoms with van der Waals surface area (Å²) < 4.78 is 11.3. The standard InChI is InChI=1S/C15H28N2O2S/c1-4-13-15(18)17(11(2)9-10-20(3)19)14(16-13)12-7-5-6-8-12/h11-14,16H,4-10H2,1-3H3. The van der Waals surface area contributed by atoms with Crippen molar-refractivity contribution in [1.82, 2.24) is 10.2 Å². The van der Waals surface area contributed by atoms with Crippen molar-refractivity contribution < 1.29 is 9.00 Å². The molecule has 0 aromatic heterocycles. The molecule has 2 fully saturated rings. The lowest BCUT2D eigenvalue weighted by Crippen LogP contribution is -2.47. The molecule has 0 aromatic rings. The molecule has 4 nitrogen and oxygen atoms in total. The highest BCUT2D eigenvalue weighted by atomic mass is 32.2. The minimum atomic E-state index is -0.780. The molecule has 5 heteroatoms. The zero-order chi connectivity index (χ0) is 14.7. The Kier molecular flexibility index (Phi) is 5.61. The van der Waals surface area contributed by atoms with Crippen molar-refractivity contribution in [1.29, 1.82) is 0 Å². The smallest absolute Gasteiger partial charge is 0.241 e. The van der Waals surface area contributed by atoms with Gasteiger partial charge in [-0.05, 0) is 38.5 Å². The second-order valence-electron chi connectivity index (χ2n) is 6.28. The number of nitrogens with zero attached hydrogens (tertiary/aromatic N) is 1. The summed E-state index contributed by atoms with van der Waals surface area (Å²) in [6, 6.07) is 0.163. The van der Waals surface area contributed by atoms with E-state index in [0.717, 1.165) is 12.8 Å². The van der Waals surface area contributed by atoms with Crippen LogP contribution in [0.1, 0.15) is 52.4 Å². The topological polar surface area (TPSA) is 49.4 Å². The normalized spacial score (nSPS) is 30.9. The first-order valence-corrected chi connectivity index (χ1v) is 9.65. The molecule has 1 saturated heterocycles. The van der Waals surface area contributed by atoms with Gasteiger partial charge in [0, 0.05) is 28.9 Å². The Bertz CT molecular complexity index is 369. The summed E-state index contributed by atoms with van der Waals surface area (Å²) in [7, 11) is -0.780. The molecule has 0 radical (unpaired) electrons. The summed E-state index contributed by atoms with van der Waals surface area (Å²) in [5, 5.41) is 3.55. The van der Waals surface area contributed by atoms with Crippen LogP contribution >= 0.6 is 0 Å². The van der Waals surface area contributed by atoms with Crippen LogP contribution in [0.3, 0.4) is 0 Å². The molecule has 20 heavy (non-hydrogen) atoms. The predicted molar refractivity (Wildman–Crippen MR) is 82.8 cm³/mol. The van der Waals surface area contributed by atoms with E-state index in [1.165, 1.54) is 25.7 Å². The third kappa shape index (κ3) is 3.42. The number of rotatable bonds is 6. The molecule has 2 rings (SSSR count). The second kappa shape index (κ2) is 7.03. The zero-order valence-electron chi connectivity index (χ0n) is 12.9. The van der Waals surface area contributed by atoms with E-state index < -0.39 is 10.8 Å². The zero-order valence-corrected chi connectivity index (χ0v) is 13.7. The van der Waals surface area contributed by atoms with Crippen molar-refractivity contribution in [2.24, 2.45) is 5.92 Å².